The van der Waals surface area contributed by atoms with E-state index in [0.717, 1.165) is 19.4 Å². The molecule has 1 fully saturated rings. The maximum Gasteiger partial charge on any atom is 0.128 e. The lowest BCUT2D eigenvalue weighted by molar-refractivity contribution is 0.0443. The Morgan fingerprint density at radius 2 is 2.31 bits per heavy atom. The van der Waals surface area contributed by atoms with Gasteiger partial charge in [-0.2, -0.15) is 0 Å². The molecule has 1 aromatic rings. The summed E-state index contributed by atoms with van der Waals surface area (Å²) in [4.78, 5) is 0. The smallest absolute Gasteiger partial charge is 0.128 e. The number of rotatable bonds is 2. The second-order valence-corrected chi connectivity index (χ2v) is 4.61. The van der Waals surface area contributed by atoms with E-state index < -0.39 is 0 Å². The van der Waals surface area contributed by atoms with Crippen LogP contribution >= 0.6 is 11.6 Å². The van der Waals surface area contributed by atoms with Gasteiger partial charge in [0.2, 0.25) is 0 Å². The van der Waals surface area contributed by atoms with Gasteiger partial charge < -0.3 is 10.5 Å². The van der Waals surface area contributed by atoms with Gasteiger partial charge >= 0.3 is 0 Å². The molecular weight excluding hydrogens is 229 g/mol. The number of hydrogen-bond acceptors (Lipinski definition) is 2. The predicted octanol–water partition coefficient (Wildman–Crippen LogP) is 2.91. The molecular formula is C12H15ClFNO. The zero-order valence-electron chi connectivity index (χ0n) is 8.96. The molecule has 0 radical (unpaired) electrons. The van der Waals surface area contributed by atoms with Gasteiger partial charge in [-0.1, -0.05) is 11.6 Å². The van der Waals surface area contributed by atoms with E-state index in [1.165, 1.54) is 12.1 Å². The minimum atomic E-state index is -0.334. The Kier molecular flexibility index (Phi) is 3.79. The molecule has 0 spiro atoms. The van der Waals surface area contributed by atoms with Gasteiger partial charge in [0.25, 0.3) is 0 Å². The highest BCUT2D eigenvalue weighted by Crippen LogP contribution is 2.29. The van der Waals surface area contributed by atoms with Crippen molar-refractivity contribution in [3.05, 3.63) is 34.6 Å². The van der Waals surface area contributed by atoms with Gasteiger partial charge in [0.1, 0.15) is 5.82 Å². The van der Waals surface area contributed by atoms with Crippen LogP contribution in [0, 0.1) is 11.7 Å². The average Bonchev–Trinajstić information content (AvgIpc) is 2.32. The number of benzene rings is 1. The van der Waals surface area contributed by atoms with E-state index >= 15 is 0 Å². The molecule has 2 N–H and O–H groups in total. The van der Waals surface area contributed by atoms with Gasteiger partial charge in [-0.25, -0.2) is 4.39 Å². The monoisotopic (exact) mass is 243 g/mol. The second-order valence-electron chi connectivity index (χ2n) is 4.17. The molecule has 0 saturated carbocycles. The van der Waals surface area contributed by atoms with Crippen LogP contribution < -0.4 is 5.73 Å². The highest BCUT2D eigenvalue weighted by molar-refractivity contribution is 6.30. The third-order valence-corrected chi connectivity index (χ3v) is 3.26. The number of nitrogens with two attached hydrogens (primary N) is 1. The van der Waals surface area contributed by atoms with E-state index in [1.54, 1.807) is 6.07 Å². The third-order valence-electron chi connectivity index (χ3n) is 3.02. The van der Waals surface area contributed by atoms with Gasteiger partial charge in [0.05, 0.1) is 6.61 Å². The van der Waals surface area contributed by atoms with E-state index in [9.17, 15) is 4.39 Å². The molecule has 0 aromatic heterocycles. The molecule has 1 aromatic carbocycles. The van der Waals surface area contributed by atoms with Crippen LogP contribution in [0.15, 0.2) is 18.2 Å². The van der Waals surface area contributed by atoms with E-state index in [-0.39, 0.29) is 17.8 Å². The van der Waals surface area contributed by atoms with Crippen molar-refractivity contribution in [2.24, 2.45) is 11.7 Å². The summed E-state index contributed by atoms with van der Waals surface area (Å²) in [6.07, 6.45) is 1.97. The van der Waals surface area contributed by atoms with Crippen molar-refractivity contribution in [3.8, 4) is 0 Å². The fourth-order valence-corrected chi connectivity index (χ4v) is 2.25. The summed E-state index contributed by atoms with van der Waals surface area (Å²) in [7, 11) is 0. The Morgan fingerprint density at radius 1 is 1.50 bits per heavy atom. The highest BCUT2D eigenvalue weighted by atomic mass is 35.5. The van der Waals surface area contributed by atoms with Crippen LogP contribution in [0.2, 0.25) is 5.02 Å². The van der Waals surface area contributed by atoms with Gasteiger partial charge in [0, 0.05) is 29.2 Å². The summed E-state index contributed by atoms with van der Waals surface area (Å²) in [5, 5.41) is 0.517. The Hall–Kier alpha value is -0.640. The lowest BCUT2D eigenvalue weighted by Crippen LogP contribution is -2.29. The summed E-state index contributed by atoms with van der Waals surface area (Å²) >= 11 is 5.85. The van der Waals surface area contributed by atoms with Crippen LogP contribution in [0.3, 0.4) is 0 Å². The fraction of sp³-hybridized carbons (Fsp3) is 0.500. The molecule has 16 heavy (non-hydrogen) atoms. The summed E-state index contributed by atoms with van der Waals surface area (Å²) in [5.74, 6) is -0.107. The van der Waals surface area contributed by atoms with Gasteiger partial charge in [-0.3, -0.25) is 0 Å². The number of hydrogen-bond donors (Lipinski definition) is 1. The largest absolute Gasteiger partial charge is 0.381 e. The molecule has 1 aliphatic heterocycles. The van der Waals surface area contributed by atoms with Crippen molar-refractivity contribution in [2.75, 3.05) is 13.2 Å². The first-order valence-electron chi connectivity index (χ1n) is 5.47. The van der Waals surface area contributed by atoms with Crippen molar-refractivity contribution in [3.63, 3.8) is 0 Å². The predicted molar refractivity (Wildman–Crippen MR) is 61.9 cm³/mol. The highest BCUT2D eigenvalue weighted by Gasteiger charge is 2.24. The van der Waals surface area contributed by atoms with Gasteiger partial charge in [-0.15, -0.1) is 0 Å². The molecule has 0 amide bonds. The van der Waals surface area contributed by atoms with Gasteiger partial charge in [0.15, 0.2) is 0 Å². The van der Waals surface area contributed by atoms with Crippen LogP contribution in [-0.2, 0) is 4.74 Å². The molecule has 1 aliphatic rings. The zero-order valence-corrected chi connectivity index (χ0v) is 9.71. The Morgan fingerprint density at radius 3 is 3.00 bits per heavy atom. The Labute approximate surface area is 99.5 Å². The molecule has 2 unspecified atom stereocenters. The van der Waals surface area contributed by atoms with Crippen LogP contribution in [0.1, 0.15) is 24.4 Å². The van der Waals surface area contributed by atoms with Crippen molar-refractivity contribution >= 4 is 11.6 Å². The summed E-state index contributed by atoms with van der Waals surface area (Å²) < 4.78 is 19.0. The Balaban J connectivity index is 2.18. The van der Waals surface area contributed by atoms with E-state index in [1.807, 2.05) is 0 Å². The van der Waals surface area contributed by atoms with Crippen molar-refractivity contribution in [1.82, 2.24) is 0 Å². The first kappa shape index (κ1) is 11.8. The van der Waals surface area contributed by atoms with E-state index in [0.29, 0.717) is 17.2 Å². The fourth-order valence-electron chi connectivity index (χ4n) is 2.07. The van der Waals surface area contributed by atoms with E-state index in [4.69, 9.17) is 22.1 Å². The minimum Gasteiger partial charge on any atom is -0.381 e. The van der Waals surface area contributed by atoms with Gasteiger partial charge in [-0.05, 0) is 31.0 Å². The molecule has 0 aliphatic carbocycles. The van der Waals surface area contributed by atoms with Crippen molar-refractivity contribution in [2.45, 2.75) is 18.9 Å². The molecule has 2 atom stereocenters. The molecule has 4 heteroatoms. The summed E-state index contributed by atoms with van der Waals surface area (Å²) in [6.45, 7) is 1.38. The SMILES string of the molecule is NC(c1cc(Cl)ccc1F)C1CCCOC1. The third kappa shape index (κ3) is 2.54. The molecule has 0 bridgehead atoms. The van der Waals surface area contributed by atoms with Crippen molar-refractivity contribution in [1.29, 1.82) is 0 Å². The maximum absolute atomic E-state index is 13.6. The first-order chi connectivity index (χ1) is 7.68. The zero-order chi connectivity index (χ0) is 11.5. The van der Waals surface area contributed by atoms with E-state index in [2.05, 4.69) is 0 Å². The maximum atomic E-state index is 13.6. The molecule has 88 valence electrons. The molecule has 2 nitrogen and oxygen atoms in total. The van der Waals surface area contributed by atoms with Crippen LogP contribution in [-0.4, -0.2) is 13.2 Å². The topological polar surface area (TPSA) is 35.2 Å². The molecule has 1 heterocycles. The number of ether oxygens (including phenoxy) is 1. The Bertz CT molecular complexity index is 366. The second kappa shape index (κ2) is 5.13. The average molecular weight is 244 g/mol. The molecule has 1 saturated heterocycles. The minimum absolute atomic E-state index is 0.182. The lowest BCUT2D eigenvalue weighted by atomic mass is 9.89. The van der Waals surface area contributed by atoms with Crippen LogP contribution in [0.5, 0.6) is 0 Å². The summed E-state index contributed by atoms with van der Waals surface area (Å²) in [5.41, 5.74) is 6.55. The number of halogens is 2. The van der Waals surface area contributed by atoms with Crippen LogP contribution in [0.25, 0.3) is 0 Å². The standard InChI is InChI=1S/C12H15ClFNO/c13-9-3-4-11(14)10(6-9)12(15)8-2-1-5-16-7-8/h3-4,6,8,12H,1-2,5,7,15H2. The summed E-state index contributed by atoms with van der Waals surface area (Å²) in [6, 6.07) is 4.17. The normalized spacial score (nSPS) is 23.1. The molecule has 2 rings (SSSR count). The van der Waals surface area contributed by atoms with Crippen molar-refractivity contribution < 1.29 is 9.13 Å². The first-order valence-corrected chi connectivity index (χ1v) is 5.84. The quantitative estimate of drug-likeness (QED) is 0.867. The lowest BCUT2D eigenvalue weighted by Gasteiger charge is -2.28. The van der Waals surface area contributed by atoms with Crippen LogP contribution in [0.4, 0.5) is 4.39 Å².